The number of hydrogen-bond acceptors (Lipinski definition) is 3. The number of carboxylic acid groups (broad SMARTS) is 1. The van der Waals surface area contributed by atoms with Gasteiger partial charge in [-0.2, -0.15) is 4.73 Å². The first kappa shape index (κ1) is 11.3. The molecule has 0 aliphatic carbocycles. The van der Waals surface area contributed by atoms with Crippen molar-refractivity contribution in [3.8, 4) is 11.4 Å². The van der Waals surface area contributed by atoms with Crippen LogP contribution >= 0.6 is 0 Å². The van der Waals surface area contributed by atoms with E-state index in [1.807, 2.05) is 30.3 Å². The number of benzene rings is 2. The minimum atomic E-state index is -1.04. The van der Waals surface area contributed by atoms with Crippen LogP contribution in [0.2, 0.25) is 0 Å². The van der Waals surface area contributed by atoms with Crippen molar-refractivity contribution < 1.29 is 15.1 Å². The van der Waals surface area contributed by atoms with Crippen molar-refractivity contribution in [2.24, 2.45) is 0 Å². The van der Waals surface area contributed by atoms with Crippen LogP contribution in [0.4, 0.5) is 0 Å². The van der Waals surface area contributed by atoms with E-state index in [9.17, 15) is 10.0 Å². The molecule has 0 radical (unpaired) electrons. The van der Waals surface area contributed by atoms with Gasteiger partial charge in [-0.3, -0.25) is 0 Å². The first-order chi connectivity index (χ1) is 9.16. The average molecular weight is 254 g/mol. The minimum absolute atomic E-state index is 0.113. The molecule has 0 aliphatic rings. The number of imidazole rings is 1. The molecule has 1 heterocycles. The van der Waals surface area contributed by atoms with Crippen LogP contribution in [0.15, 0.2) is 48.5 Å². The molecule has 94 valence electrons. The number of carboxylic acids is 1. The summed E-state index contributed by atoms with van der Waals surface area (Å²) in [6.07, 6.45) is 0. The Morgan fingerprint density at radius 2 is 1.84 bits per heavy atom. The van der Waals surface area contributed by atoms with Gasteiger partial charge < -0.3 is 10.3 Å². The van der Waals surface area contributed by atoms with Gasteiger partial charge in [-0.15, -0.1) is 0 Å². The molecule has 0 saturated carbocycles. The Labute approximate surface area is 108 Å². The molecule has 5 heteroatoms. The molecular weight excluding hydrogens is 244 g/mol. The number of fused-ring (bicyclic) bond motifs is 1. The van der Waals surface area contributed by atoms with E-state index in [4.69, 9.17) is 5.11 Å². The van der Waals surface area contributed by atoms with E-state index >= 15 is 0 Å². The van der Waals surface area contributed by atoms with Crippen LogP contribution in [-0.4, -0.2) is 26.0 Å². The molecule has 2 aromatic carbocycles. The number of nitrogens with zero attached hydrogens (tertiary/aromatic N) is 2. The van der Waals surface area contributed by atoms with Crippen molar-refractivity contribution in [2.45, 2.75) is 0 Å². The lowest BCUT2D eigenvalue weighted by Crippen LogP contribution is -1.97. The summed E-state index contributed by atoms with van der Waals surface area (Å²) < 4.78 is 0.914. The van der Waals surface area contributed by atoms with Gasteiger partial charge in [0.25, 0.3) is 0 Å². The Morgan fingerprint density at radius 3 is 2.53 bits per heavy atom. The van der Waals surface area contributed by atoms with E-state index in [0.717, 1.165) is 10.3 Å². The first-order valence-corrected chi connectivity index (χ1v) is 5.67. The van der Waals surface area contributed by atoms with Crippen molar-refractivity contribution in [2.75, 3.05) is 0 Å². The molecule has 0 amide bonds. The first-order valence-electron chi connectivity index (χ1n) is 5.67. The molecule has 19 heavy (non-hydrogen) atoms. The Balaban J connectivity index is 2.24. The fraction of sp³-hybridized carbons (Fsp3) is 0. The summed E-state index contributed by atoms with van der Waals surface area (Å²) in [6, 6.07) is 13.7. The molecule has 3 aromatic rings. The van der Waals surface area contributed by atoms with E-state index in [0.29, 0.717) is 16.9 Å². The van der Waals surface area contributed by atoms with Crippen LogP contribution in [0, 0.1) is 0 Å². The fourth-order valence-corrected chi connectivity index (χ4v) is 1.97. The van der Waals surface area contributed by atoms with Crippen molar-refractivity contribution in [3.63, 3.8) is 0 Å². The maximum absolute atomic E-state index is 10.9. The van der Waals surface area contributed by atoms with Crippen LogP contribution in [0.25, 0.3) is 22.4 Å². The summed E-state index contributed by atoms with van der Waals surface area (Å²) >= 11 is 0. The van der Waals surface area contributed by atoms with Gasteiger partial charge in [-0.25, -0.2) is 9.78 Å². The van der Waals surface area contributed by atoms with E-state index in [1.54, 1.807) is 6.07 Å². The minimum Gasteiger partial charge on any atom is -0.478 e. The van der Waals surface area contributed by atoms with Crippen LogP contribution in [0.3, 0.4) is 0 Å². The number of aromatic carboxylic acids is 1. The second kappa shape index (κ2) is 4.13. The molecule has 0 bridgehead atoms. The molecule has 0 fully saturated rings. The third kappa shape index (κ3) is 1.81. The van der Waals surface area contributed by atoms with Gasteiger partial charge in [0.1, 0.15) is 5.52 Å². The van der Waals surface area contributed by atoms with Crippen LogP contribution in [0.1, 0.15) is 10.4 Å². The zero-order chi connectivity index (χ0) is 13.4. The normalized spacial score (nSPS) is 10.7. The van der Waals surface area contributed by atoms with E-state index < -0.39 is 5.97 Å². The molecule has 0 saturated heterocycles. The van der Waals surface area contributed by atoms with Gasteiger partial charge in [0, 0.05) is 5.56 Å². The molecule has 5 nitrogen and oxygen atoms in total. The highest BCUT2D eigenvalue weighted by atomic mass is 16.5. The van der Waals surface area contributed by atoms with Crippen molar-refractivity contribution in [1.29, 1.82) is 0 Å². The summed E-state index contributed by atoms with van der Waals surface area (Å²) in [5.74, 6) is -0.650. The molecule has 0 aliphatic heterocycles. The third-order valence-electron chi connectivity index (χ3n) is 2.91. The van der Waals surface area contributed by atoms with Gasteiger partial charge in [-0.05, 0) is 18.2 Å². The van der Waals surface area contributed by atoms with E-state index in [2.05, 4.69) is 4.98 Å². The molecule has 0 atom stereocenters. The number of aromatic nitrogens is 2. The lowest BCUT2D eigenvalue weighted by Gasteiger charge is -2.00. The van der Waals surface area contributed by atoms with Crippen molar-refractivity contribution >= 4 is 17.0 Å². The van der Waals surface area contributed by atoms with Gasteiger partial charge in [0.15, 0.2) is 5.82 Å². The maximum Gasteiger partial charge on any atom is 0.335 e. The Kier molecular flexibility index (Phi) is 2.45. The lowest BCUT2D eigenvalue weighted by molar-refractivity contribution is 0.0697. The quantitative estimate of drug-likeness (QED) is 0.689. The van der Waals surface area contributed by atoms with Gasteiger partial charge in [0.2, 0.25) is 0 Å². The second-order valence-corrected chi connectivity index (χ2v) is 4.12. The predicted molar refractivity (Wildman–Crippen MR) is 69.3 cm³/mol. The highest BCUT2D eigenvalue weighted by molar-refractivity contribution is 5.93. The largest absolute Gasteiger partial charge is 0.478 e. The fourth-order valence-electron chi connectivity index (χ4n) is 1.97. The zero-order valence-corrected chi connectivity index (χ0v) is 9.82. The topological polar surface area (TPSA) is 75.3 Å². The standard InChI is InChI=1S/C14H10N2O3/c17-14(18)10-6-7-11-12(8-10)16(19)13(15-11)9-4-2-1-3-5-9/h1-8,19H,(H,17,18). The highest BCUT2D eigenvalue weighted by Gasteiger charge is 2.13. The second-order valence-electron chi connectivity index (χ2n) is 4.12. The Hall–Kier alpha value is -2.82. The summed E-state index contributed by atoms with van der Waals surface area (Å²) in [6.45, 7) is 0. The van der Waals surface area contributed by atoms with Gasteiger partial charge in [0.05, 0.1) is 11.1 Å². The van der Waals surface area contributed by atoms with Gasteiger partial charge >= 0.3 is 5.97 Å². The number of hydrogen-bond donors (Lipinski definition) is 2. The molecule has 1 aromatic heterocycles. The Morgan fingerprint density at radius 1 is 1.11 bits per heavy atom. The third-order valence-corrected chi connectivity index (χ3v) is 2.91. The monoisotopic (exact) mass is 254 g/mol. The number of carbonyl (C=O) groups is 1. The maximum atomic E-state index is 10.9. The SMILES string of the molecule is O=C(O)c1ccc2nc(-c3ccccc3)n(O)c2c1. The van der Waals surface area contributed by atoms with Crippen molar-refractivity contribution in [3.05, 3.63) is 54.1 Å². The van der Waals surface area contributed by atoms with Crippen LogP contribution in [0.5, 0.6) is 0 Å². The van der Waals surface area contributed by atoms with Crippen molar-refractivity contribution in [1.82, 2.24) is 9.71 Å². The lowest BCUT2D eigenvalue weighted by atomic mass is 10.2. The number of rotatable bonds is 2. The van der Waals surface area contributed by atoms with E-state index in [-0.39, 0.29) is 5.56 Å². The molecule has 0 unspecified atom stereocenters. The average Bonchev–Trinajstić information content (AvgIpc) is 2.77. The van der Waals surface area contributed by atoms with Crippen LogP contribution in [-0.2, 0) is 0 Å². The predicted octanol–water partition coefficient (Wildman–Crippen LogP) is 2.64. The Bertz CT molecular complexity index is 763. The highest BCUT2D eigenvalue weighted by Crippen LogP contribution is 2.23. The van der Waals surface area contributed by atoms with E-state index in [1.165, 1.54) is 12.1 Å². The van der Waals surface area contributed by atoms with Gasteiger partial charge in [-0.1, -0.05) is 30.3 Å². The summed E-state index contributed by atoms with van der Waals surface area (Å²) in [5.41, 5.74) is 1.80. The molecule has 2 N–H and O–H groups in total. The molecule has 3 rings (SSSR count). The molecular formula is C14H10N2O3. The van der Waals surface area contributed by atoms with Crippen LogP contribution < -0.4 is 0 Å². The molecule has 0 spiro atoms. The smallest absolute Gasteiger partial charge is 0.335 e. The summed E-state index contributed by atoms with van der Waals surface area (Å²) in [4.78, 5) is 15.2. The summed E-state index contributed by atoms with van der Waals surface area (Å²) in [7, 11) is 0. The zero-order valence-electron chi connectivity index (χ0n) is 9.82. The summed E-state index contributed by atoms with van der Waals surface area (Å²) in [5, 5.41) is 19.1.